The van der Waals surface area contributed by atoms with E-state index in [0.29, 0.717) is 17.7 Å². The van der Waals surface area contributed by atoms with Gasteiger partial charge in [0, 0.05) is 36.5 Å². The minimum absolute atomic E-state index is 0.0255. The molecule has 1 heterocycles. The number of carbonyl (C=O) groups is 1. The number of hydrogen-bond acceptors (Lipinski definition) is 4. The molecule has 0 saturated carbocycles. The lowest BCUT2D eigenvalue weighted by atomic mass is 10.1. The van der Waals surface area contributed by atoms with Crippen molar-refractivity contribution in [3.05, 3.63) is 53.6 Å². The molecule has 0 saturated heterocycles. The zero-order chi connectivity index (χ0) is 15.1. The van der Waals surface area contributed by atoms with Gasteiger partial charge in [0.05, 0.1) is 0 Å². The van der Waals surface area contributed by atoms with E-state index in [4.69, 9.17) is 10.9 Å². The Bertz CT molecular complexity index is 622. The number of nitrogens with zero attached hydrogens (tertiary/aromatic N) is 2. The number of nitrogens with one attached hydrogen (secondary N) is 2. The fraction of sp³-hybridized carbons (Fsp3) is 0.214. The van der Waals surface area contributed by atoms with Gasteiger partial charge in [-0.05, 0) is 18.6 Å². The molecule has 0 aliphatic heterocycles. The van der Waals surface area contributed by atoms with Crippen molar-refractivity contribution in [2.45, 2.75) is 12.8 Å². The van der Waals surface area contributed by atoms with E-state index in [-0.39, 0.29) is 11.7 Å². The molecule has 0 radical (unpaired) electrons. The van der Waals surface area contributed by atoms with E-state index < -0.39 is 0 Å². The van der Waals surface area contributed by atoms with Crippen LogP contribution in [-0.2, 0) is 6.42 Å². The Morgan fingerprint density at radius 3 is 2.95 bits per heavy atom. The summed E-state index contributed by atoms with van der Waals surface area (Å²) in [7, 11) is 0. The normalized spacial score (nSPS) is 11.3. The molecule has 110 valence electrons. The Labute approximate surface area is 121 Å². The first-order valence-corrected chi connectivity index (χ1v) is 6.55. The fourth-order valence-corrected chi connectivity index (χ4v) is 1.87. The van der Waals surface area contributed by atoms with Crippen molar-refractivity contribution in [3.8, 4) is 0 Å². The highest BCUT2D eigenvalue weighted by Gasteiger charge is 2.07. The van der Waals surface area contributed by atoms with Gasteiger partial charge >= 0.3 is 0 Å². The third-order valence-corrected chi connectivity index (χ3v) is 2.96. The molecule has 7 nitrogen and oxygen atoms in total. The average molecular weight is 287 g/mol. The van der Waals surface area contributed by atoms with Crippen LogP contribution in [-0.4, -0.2) is 33.5 Å². The van der Waals surface area contributed by atoms with Gasteiger partial charge in [0.2, 0.25) is 0 Å². The largest absolute Gasteiger partial charge is 0.409 e. The highest BCUT2D eigenvalue weighted by Crippen LogP contribution is 2.05. The molecule has 0 spiro atoms. The number of aromatic nitrogens is 2. The van der Waals surface area contributed by atoms with E-state index in [0.717, 1.165) is 18.7 Å². The van der Waals surface area contributed by atoms with Crippen LogP contribution < -0.4 is 11.1 Å². The number of imidazole rings is 1. The molecule has 0 unspecified atom stereocenters. The first-order valence-electron chi connectivity index (χ1n) is 6.55. The van der Waals surface area contributed by atoms with Gasteiger partial charge in [-0.3, -0.25) is 4.79 Å². The van der Waals surface area contributed by atoms with Crippen molar-refractivity contribution in [1.29, 1.82) is 0 Å². The van der Waals surface area contributed by atoms with E-state index in [9.17, 15) is 4.79 Å². The number of oxime groups is 1. The maximum atomic E-state index is 12.0. The van der Waals surface area contributed by atoms with Gasteiger partial charge in [-0.1, -0.05) is 17.3 Å². The second-order valence-electron chi connectivity index (χ2n) is 4.46. The summed E-state index contributed by atoms with van der Waals surface area (Å²) in [5.41, 5.74) is 6.47. The van der Waals surface area contributed by atoms with Gasteiger partial charge in [-0.25, -0.2) is 4.98 Å². The molecule has 2 rings (SSSR count). The molecular formula is C14H17N5O2. The Morgan fingerprint density at radius 2 is 2.24 bits per heavy atom. The highest BCUT2D eigenvalue weighted by atomic mass is 16.4. The number of benzene rings is 1. The number of nitrogens with two attached hydrogens (primary N) is 1. The number of H-pyrrole nitrogens is 1. The number of amidine groups is 1. The number of carbonyl (C=O) groups excluding carboxylic acids is 1. The van der Waals surface area contributed by atoms with E-state index >= 15 is 0 Å². The van der Waals surface area contributed by atoms with E-state index in [1.54, 1.807) is 36.7 Å². The molecule has 7 heteroatoms. The third-order valence-electron chi connectivity index (χ3n) is 2.96. The van der Waals surface area contributed by atoms with E-state index in [1.807, 2.05) is 0 Å². The summed E-state index contributed by atoms with van der Waals surface area (Å²) >= 11 is 0. The molecule has 5 N–H and O–H groups in total. The molecule has 21 heavy (non-hydrogen) atoms. The summed E-state index contributed by atoms with van der Waals surface area (Å²) < 4.78 is 0. The Hall–Kier alpha value is -2.83. The zero-order valence-corrected chi connectivity index (χ0v) is 11.4. The lowest BCUT2D eigenvalue weighted by Crippen LogP contribution is -2.25. The minimum atomic E-state index is -0.193. The second-order valence-corrected chi connectivity index (χ2v) is 4.46. The number of aryl methyl sites for hydroxylation is 1. The SMILES string of the molecule is N/C(=N/O)c1cccc(C(=O)NCCCc2ncc[nH]2)c1. The zero-order valence-electron chi connectivity index (χ0n) is 11.4. The number of rotatable bonds is 6. The van der Waals surface area contributed by atoms with Crippen LogP contribution in [0.2, 0.25) is 0 Å². The Balaban J connectivity index is 1.85. The van der Waals surface area contributed by atoms with Crippen molar-refractivity contribution in [2.24, 2.45) is 10.9 Å². The van der Waals surface area contributed by atoms with Crippen LogP contribution in [0, 0.1) is 0 Å². The number of hydrogen-bond donors (Lipinski definition) is 4. The van der Waals surface area contributed by atoms with Crippen LogP contribution in [0.1, 0.15) is 28.2 Å². The Morgan fingerprint density at radius 1 is 1.43 bits per heavy atom. The number of aromatic amines is 1. The van der Waals surface area contributed by atoms with Gasteiger partial charge in [-0.15, -0.1) is 0 Å². The molecular weight excluding hydrogens is 270 g/mol. The first kappa shape index (κ1) is 14.6. The van der Waals surface area contributed by atoms with E-state index in [1.165, 1.54) is 0 Å². The molecule has 1 aromatic heterocycles. The monoisotopic (exact) mass is 287 g/mol. The molecule has 0 aliphatic carbocycles. The summed E-state index contributed by atoms with van der Waals surface area (Å²) in [6.07, 6.45) is 5.04. The summed E-state index contributed by atoms with van der Waals surface area (Å²) in [5, 5.41) is 14.4. The quantitative estimate of drug-likeness (QED) is 0.207. The first-order chi connectivity index (χ1) is 10.2. The van der Waals surface area contributed by atoms with Crippen LogP contribution in [0.4, 0.5) is 0 Å². The maximum Gasteiger partial charge on any atom is 0.251 e. The molecule has 2 aromatic rings. The predicted octanol–water partition coefficient (Wildman–Crippen LogP) is 0.867. The fourth-order valence-electron chi connectivity index (χ4n) is 1.87. The molecule has 0 aliphatic rings. The molecule has 1 amide bonds. The summed E-state index contributed by atoms with van der Waals surface area (Å²) in [4.78, 5) is 19.1. The van der Waals surface area contributed by atoms with Gasteiger partial charge in [-0.2, -0.15) is 0 Å². The molecule has 1 aromatic carbocycles. The summed E-state index contributed by atoms with van der Waals surface area (Å²) in [6, 6.07) is 6.61. The molecule has 0 fully saturated rings. The Kier molecular flexibility index (Phi) is 4.92. The van der Waals surface area contributed by atoms with Crippen LogP contribution >= 0.6 is 0 Å². The predicted molar refractivity (Wildman–Crippen MR) is 78.2 cm³/mol. The van der Waals surface area contributed by atoms with Crippen molar-refractivity contribution in [2.75, 3.05) is 6.54 Å². The lowest BCUT2D eigenvalue weighted by Gasteiger charge is -2.06. The third kappa shape index (κ3) is 4.07. The van der Waals surface area contributed by atoms with Crippen LogP contribution in [0.5, 0.6) is 0 Å². The lowest BCUT2D eigenvalue weighted by molar-refractivity contribution is 0.0953. The van der Waals surface area contributed by atoms with Crippen molar-refractivity contribution >= 4 is 11.7 Å². The van der Waals surface area contributed by atoms with Crippen LogP contribution in [0.15, 0.2) is 41.8 Å². The maximum absolute atomic E-state index is 12.0. The standard InChI is InChI=1S/C14H17N5O2/c15-13(19-21)10-3-1-4-11(9-10)14(20)18-6-2-5-12-16-7-8-17-12/h1,3-4,7-9,21H,2,5-6H2,(H2,15,19)(H,16,17)(H,18,20). The smallest absolute Gasteiger partial charge is 0.251 e. The number of amides is 1. The minimum Gasteiger partial charge on any atom is -0.409 e. The second kappa shape index (κ2) is 7.09. The molecule has 0 atom stereocenters. The van der Waals surface area contributed by atoms with Crippen molar-refractivity contribution < 1.29 is 10.0 Å². The summed E-state index contributed by atoms with van der Waals surface area (Å²) in [5.74, 6) is 0.683. The van der Waals surface area contributed by atoms with Gasteiger partial charge in [0.1, 0.15) is 5.82 Å². The average Bonchev–Trinajstić information content (AvgIpc) is 3.04. The molecule has 0 bridgehead atoms. The highest BCUT2D eigenvalue weighted by molar-refractivity contribution is 6.01. The summed E-state index contributed by atoms with van der Waals surface area (Å²) in [6.45, 7) is 0.549. The van der Waals surface area contributed by atoms with Crippen LogP contribution in [0.3, 0.4) is 0 Å². The van der Waals surface area contributed by atoms with Gasteiger partial charge in [0.15, 0.2) is 5.84 Å². The van der Waals surface area contributed by atoms with Crippen molar-refractivity contribution in [1.82, 2.24) is 15.3 Å². The van der Waals surface area contributed by atoms with Crippen molar-refractivity contribution in [3.63, 3.8) is 0 Å². The van der Waals surface area contributed by atoms with E-state index in [2.05, 4.69) is 20.4 Å². The topological polar surface area (TPSA) is 116 Å². The van der Waals surface area contributed by atoms with Crippen LogP contribution in [0.25, 0.3) is 0 Å². The van der Waals surface area contributed by atoms with Gasteiger partial charge in [0.25, 0.3) is 5.91 Å². The van der Waals surface area contributed by atoms with Gasteiger partial charge < -0.3 is 21.2 Å².